The van der Waals surface area contributed by atoms with Gasteiger partial charge in [0.15, 0.2) is 4.33 Å². The van der Waals surface area contributed by atoms with Crippen molar-refractivity contribution in [2.45, 2.75) is 4.33 Å². The monoisotopic (exact) mass is 324 g/mol. The molecule has 21 heavy (non-hydrogen) atoms. The van der Waals surface area contributed by atoms with Crippen molar-refractivity contribution < 1.29 is 19.8 Å². The molecule has 2 N–H and O–H groups in total. The van der Waals surface area contributed by atoms with Gasteiger partial charge in [0.05, 0.1) is 11.1 Å². The van der Waals surface area contributed by atoms with E-state index in [0.29, 0.717) is 11.1 Å². The zero-order valence-corrected chi connectivity index (χ0v) is 12.1. The zero-order valence-electron chi connectivity index (χ0n) is 10.6. The van der Waals surface area contributed by atoms with Gasteiger partial charge in [-0.15, -0.1) is 0 Å². The predicted molar refractivity (Wildman–Crippen MR) is 79.3 cm³/mol. The summed E-state index contributed by atoms with van der Waals surface area (Å²) in [6.07, 6.45) is 0. The highest BCUT2D eigenvalue weighted by atomic mass is 35.5. The SMILES string of the molecule is O=C(O)c1ccc(C(Cl)(Cl)c2ccc(C(=O)O)cc2)cc1. The maximum atomic E-state index is 10.8. The second-order valence-electron chi connectivity index (χ2n) is 4.34. The molecule has 2 aromatic carbocycles. The summed E-state index contributed by atoms with van der Waals surface area (Å²) in [5.41, 5.74) is 1.26. The van der Waals surface area contributed by atoms with Crippen LogP contribution in [0.2, 0.25) is 0 Å². The number of hydrogen-bond donors (Lipinski definition) is 2. The third kappa shape index (κ3) is 3.17. The van der Waals surface area contributed by atoms with E-state index in [4.69, 9.17) is 33.4 Å². The van der Waals surface area contributed by atoms with E-state index in [1.807, 2.05) is 0 Å². The minimum atomic E-state index is -1.39. The highest BCUT2D eigenvalue weighted by Gasteiger charge is 2.29. The minimum Gasteiger partial charge on any atom is -0.478 e. The fraction of sp³-hybridized carbons (Fsp3) is 0.0667. The molecule has 4 nitrogen and oxygen atoms in total. The van der Waals surface area contributed by atoms with Crippen molar-refractivity contribution >= 4 is 35.1 Å². The Kier molecular flexibility index (Phi) is 4.21. The fourth-order valence-corrected chi connectivity index (χ4v) is 2.31. The summed E-state index contributed by atoms with van der Waals surface area (Å²) in [7, 11) is 0. The maximum Gasteiger partial charge on any atom is 0.335 e. The second kappa shape index (κ2) is 5.76. The van der Waals surface area contributed by atoms with Gasteiger partial charge < -0.3 is 10.2 Å². The normalized spacial score (nSPS) is 11.1. The smallest absolute Gasteiger partial charge is 0.335 e. The molecule has 0 saturated carbocycles. The van der Waals surface area contributed by atoms with Crippen LogP contribution in [0.15, 0.2) is 48.5 Å². The van der Waals surface area contributed by atoms with Gasteiger partial charge in [0, 0.05) is 0 Å². The lowest BCUT2D eigenvalue weighted by Gasteiger charge is -2.21. The van der Waals surface area contributed by atoms with Gasteiger partial charge in [0.1, 0.15) is 0 Å². The molecule has 2 aromatic rings. The number of rotatable bonds is 4. The van der Waals surface area contributed by atoms with Gasteiger partial charge in [-0.3, -0.25) is 0 Å². The third-order valence-corrected chi connectivity index (χ3v) is 3.86. The first-order valence-electron chi connectivity index (χ1n) is 5.88. The Morgan fingerprint density at radius 3 is 1.24 bits per heavy atom. The van der Waals surface area contributed by atoms with Crippen molar-refractivity contribution in [1.29, 1.82) is 0 Å². The van der Waals surface area contributed by atoms with Crippen LogP contribution >= 0.6 is 23.2 Å². The first-order chi connectivity index (χ1) is 9.82. The van der Waals surface area contributed by atoms with Gasteiger partial charge in [-0.1, -0.05) is 47.5 Å². The Labute approximate surface area is 130 Å². The van der Waals surface area contributed by atoms with Gasteiger partial charge in [0.2, 0.25) is 0 Å². The first kappa shape index (κ1) is 15.4. The second-order valence-corrected chi connectivity index (χ2v) is 5.67. The molecule has 0 aliphatic rings. The summed E-state index contributed by atoms with van der Waals surface area (Å²) < 4.78 is -1.39. The van der Waals surface area contributed by atoms with E-state index in [1.165, 1.54) is 48.5 Å². The third-order valence-electron chi connectivity index (χ3n) is 2.99. The van der Waals surface area contributed by atoms with Crippen LogP contribution in [0.4, 0.5) is 0 Å². The molecule has 0 unspecified atom stereocenters. The zero-order chi connectivity index (χ0) is 15.6. The lowest BCUT2D eigenvalue weighted by molar-refractivity contribution is 0.0686. The van der Waals surface area contributed by atoms with Crippen molar-refractivity contribution in [3.8, 4) is 0 Å². The Balaban J connectivity index is 2.36. The number of aromatic carboxylic acids is 2. The van der Waals surface area contributed by atoms with Crippen molar-refractivity contribution in [2.24, 2.45) is 0 Å². The first-order valence-corrected chi connectivity index (χ1v) is 6.63. The molecule has 6 heteroatoms. The van der Waals surface area contributed by atoms with E-state index in [1.54, 1.807) is 0 Å². The number of alkyl halides is 2. The molecule has 0 radical (unpaired) electrons. The summed E-state index contributed by atoms with van der Waals surface area (Å²) in [5.74, 6) is -2.08. The molecule has 2 rings (SSSR count). The summed E-state index contributed by atoms with van der Waals surface area (Å²) in [6.45, 7) is 0. The minimum absolute atomic E-state index is 0.129. The molecule has 0 aliphatic carbocycles. The van der Waals surface area contributed by atoms with E-state index in [0.717, 1.165) is 0 Å². The molecule has 108 valence electrons. The van der Waals surface area contributed by atoms with Crippen molar-refractivity contribution in [3.05, 3.63) is 70.8 Å². The summed E-state index contributed by atoms with van der Waals surface area (Å²) in [5, 5.41) is 17.7. The lowest BCUT2D eigenvalue weighted by atomic mass is 10.0. The van der Waals surface area contributed by atoms with Crippen LogP contribution in [0.3, 0.4) is 0 Å². The number of carbonyl (C=O) groups is 2. The molecule has 0 bridgehead atoms. The lowest BCUT2D eigenvalue weighted by Crippen LogP contribution is -2.13. The van der Waals surface area contributed by atoms with Crippen LogP contribution < -0.4 is 0 Å². The molecule has 0 heterocycles. The summed E-state index contributed by atoms with van der Waals surface area (Å²) in [4.78, 5) is 21.6. The number of hydrogen-bond acceptors (Lipinski definition) is 2. The van der Waals surface area contributed by atoms with Crippen LogP contribution in [-0.4, -0.2) is 22.2 Å². The predicted octanol–water partition coefficient (Wildman–Crippen LogP) is 3.76. The van der Waals surface area contributed by atoms with E-state index < -0.39 is 16.3 Å². The molecule has 0 amide bonds. The molecule has 0 aromatic heterocycles. The van der Waals surface area contributed by atoms with Crippen LogP contribution in [0.25, 0.3) is 0 Å². The van der Waals surface area contributed by atoms with E-state index >= 15 is 0 Å². The Hall–Kier alpha value is -2.04. The maximum absolute atomic E-state index is 10.8. The number of carboxylic acid groups (broad SMARTS) is 2. The average molecular weight is 325 g/mol. The van der Waals surface area contributed by atoms with Gasteiger partial charge >= 0.3 is 11.9 Å². The Bertz CT molecular complexity index is 616. The van der Waals surface area contributed by atoms with E-state index in [9.17, 15) is 9.59 Å². The Morgan fingerprint density at radius 2 is 1.00 bits per heavy atom. The van der Waals surface area contributed by atoms with Gasteiger partial charge in [0.25, 0.3) is 0 Å². The molecular formula is C15H10Cl2O4. The van der Waals surface area contributed by atoms with Crippen LogP contribution in [0, 0.1) is 0 Å². The molecule has 0 saturated heterocycles. The van der Waals surface area contributed by atoms with Crippen LogP contribution in [-0.2, 0) is 4.33 Å². The van der Waals surface area contributed by atoms with Gasteiger partial charge in [-0.25, -0.2) is 9.59 Å². The highest BCUT2D eigenvalue weighted by molar-refractivity contribution is 6.50. The average Bonchev–Trinajstić information content (AvgIpc) is 2.47. The topological polar surface area (TPSA) is 74.6 Å². The number of halogens is 2. The van der Waals surface area contributed by atoms with Gasteiger partial charge in [-0.2, -0.15) is 0 Å². The van der Waals surface area contributed by atoms with E-state index in [-0.39, 0.29) is 11.1 Å². The molecular weight excluding hydrogens is 315 g/mol. The molecule has 0 atom stereocenters. The van der Waals surface area contributed by atoms with Crippen LogP contribution in [0.1, 0.15) is 31.8 Å². The summed E-state index contributed by atoms with van der Waals surface area (Å²) >= 11 is 12.6. The number of carboxylic acids is 2. The van der Waals surface area contributed by atoms with Crippen molar-refractivity contribution in [1.82, 2.24) is 0 Å². The van der Waals surface area contributed by atoms with E-state index in [2.05, 4.69) is 0 Å². The molecule has 0 fully saturated rings. The quantitative estimate of drug-likeness (QED) is 0.839. The highest BCUT2D eigenvalue weighted by Crippen LogP contribution is 2.40. The van der Waals surface area contributed by atoms with Gasteiger partial charge in [-0.05, 0) is 35.4 Å². The largest absolute Gasteiger partial charge is 0.478 e. The standard InChI is InChI=1S/C15H10Cl2O4/c16-15(17,11-5-1-9(2-6-11)13(18)19)12-7-3-10(4-8-12)14(20)21/h1-8H,(H,18,19)(H,20,21). The molecule has 0 spiro atoms. The Morgan fingerprint density at radius 1 is 0.714 bits per heavy atom. The summed E-state index contributed by atoms with van der Waals surface area (Å²) in [6, 6.07) is 11.7. The van der Waals surface area contributed by atoms with Crippen molar-refractivity contribution in [3.63, 3.8) is 0 Å². The molecule has 0 aliphatic heterocycles. The number of benzene rings is 2. The van der Waals surface area contributed by atoms with Crippen LogP contribution in [0.5, 0.6) is 0 Å². The van der Waals surface area contributed by atoms with Crippen molar-refractivity contribution in [2.75, 3.05) is 0 Å². The fourth-order valence-electron chi connectivity index (χ4n) is 1.81.